The van der Waals surface area contributed by atoms with E-state index >= 15 is 0 Å². The molecule has 0 unspecified atom stereocenters. The van der Waals surface area contributed by atoms with E-state index in [4.69, 9.17) is 0 Å². The average molecular weight is 342 g/mol. The maximum atomic E-state index is 12.5. The number of aromatic nitrogens is 5. The molecule has 0 aliphatic heterocycles. The monoisotopic (exact) mass is 342 g/mol. The molecule has 7 nitrogen and oxygen atoms in total. The van der Waals surface area contributed by atoms with Gasteiger partial charge in [0.2, 0.25) is 0 Å². The van der Waals surface area contributed by atoms with E-state index in [0.29, 0.717) is 16.8 Å². The molecule has 1 N–H and O–H groups in total. The van der Waals surface area contributed by atoms with Crippen molar-refractivity contribution in [2.75, 3.05) is 5.32 Å². The van der Waals surface area contributed by atoms with Crippen LogP contribution in [0.25, 0.3) is 10.6 Å². The van der Waals surface area contributed by atoms with Crippen LogP contribution in [0, 0.1) is 5.92 Å². The van der Waals surface area contributed by atoms with Gasteiger partial charge in [0.25, 0.3) is 5.91 Å². The van der Waals surface area contributed by atoms with Crippen LogP contribution in [-0.4, -0.2) is 30.5 Å². The van der Waals surface area contributed by atoms with Crippen LogP contribution >= 0.6 is 11.3 Å². The zero-order valence-corrected chi connectivity index (χ0v) is 14.3. The number of hydrogen-bond acceptors (Lipinski definition) is 5. The van der Waals surface area contributed by atoms with E-state index in [0.717, 1.165) is 16.4 Å². The number of anilines is 1. The lowest BCUT2D eigenvalue weighted by Crippen LogP contribution is -2.17. The first-order valence-corrected chi connectivity index (χ1v) is 8.73. The van der Waals surface area contributed by atoms with Crippen molar-refractivity contribution in [2.24, 2.45) is 13.0 Å². The van der Waals surface area contributed by atoms with Crippen LogP contribution in [0.15, 0.2) is 30.9 Å². The molecular formula is C16H18N6OS. The molecule has 0 radical (unpaired) electrons. The number of nitrogens with one attached hydrogen (secondary N) is 1. The van der Waals surface area contributed by atoms with Crippen LogP contribution in [0.5, 0.6) is 0 Å². The quantitative estimate of drug-likeness (QED) is 0.773. The smallest absolute Gasteiger partial charge is 0.268 e. The molecule has 8 heteroatoms. The molecular weight excluding hydrogens is 324 g/mol. The highest BCUT2D eigenvalue weighted by Crippen LogP contribution is 2.40. The van der Waals surface area contributed by atoms with Crippen molar-refractivity contribution >= 4 is 23.1 Å². The summed E-state index contributed by atoms with van der Waals surface area (Å²) >= 11 is 1.36. The van der Waals surface area contributed by atoms with E-state index in [-0.39, 0.29) is 5.91 Å². The predicted octanol–water partition coefficient (Wildman–Crippen LogP) is 2.96. The first-order chi connectivity index (χ1) is 11.6. The second kappa shape index (κ2) is 5.86. The van der Waals surface area contributed by atoms with E-state index in [9.17, 15) is 4.79 Å². The van der Waals surface area contributed by atoms with Crippen molar-refractivity contribution in [3.8, 4) is 10.6 Å². The Morgan fingerprint density at radius 1 is 1.38 bits per heavy atom. The SMILES string of the molecule is C[C@@H](C1CC1)n1nccc1NC(=O)c1cnc(-c2cnn(C)c2)s1. The molecule has 3 heterocycles. The third kappa shape index (κ3) is 2.84. The van der Waals surface area contributed by atoms with Gasteiger partial charge in [0.15, 0.2) is 0 Å². The molecule has 1 saturated carbocycles. The average Bonchev–Trinajstić information content (AvgIpc) is 2.97. The molecule has 1 fully saturated rings. The lowest BCUT2D eigenvalue weighted by atomic mass is 10.2. The number of aryl methyl sites for hydroxylation is 1. The Morgan fingerprint density at radius 3 is 2.92 bits per heavy atom. The summed E-state index contributed by atoms with van der Waals surface area (Å²) in [7, 11) is 1.85. The predicted molar refractivity (Wildman–Crippen MR) is 91.9 cm³/mol. The second-order valence-corrected chi connectivity index (χ2v) is 7.16. The minimum atomic E-state index is -0.160. The van der Waals surface area contributed by atoms with Gasteiger partial charge < -0.3 is 5.32 Å². The molecule has 0 aromatic carbocycles. The summed E-state index contributed by atoms with van der Waals surface area (Å²) in [4.78, 5) is 17.4. The number of nitrogens with zero attached hydrogens (tertiary/aromatic N) is 5. The fraction of sp³-hybridized carbons (Fsp3) is 0.375. The van der Waals surface area contributed by atoms with Gasteiger partial charge in [-0.2, -0.15) is 10.2 Å². The third-order valence-electron chi connectivity index (χ3n) is 4.28. The van der Waals surface area contributed by atoms with Gasteiger partial charge in [-0.05, 0) is 25.7 Å². The van der Waals surface area contributed by atoms with E-state index < -0.39 is 0 Å². The van der Waals surface area contributed by atoms with Crippen molar-refractivity contribution in [2.45, 2.75) is 25.8 Å². The second-order valence-electron chi connectivity index (χ2n) is 6.13. The van der Waals surface area contributed by atoms with E-state index in [1.165, 1.54) is 24.2 Å². The Kier molecular flexibility index (Phi) is 3.68. The molecule has 1 atom stereocenters. The van der Waals surface area contributed by atoms with Crippen molar-refractivity contribution < 1.29 is 4.79 Å². The van der Waals surface area contributed by atoms with E-state index in [1.54, 1.807) is 23.3 Å². The first-order valence-electron chi connectivity index (χ1n) is 7.91. The van der Waals surface area contributed by atoms with E-state index in [2.05, 4.69) is 27.4 Å². The molecule has 1 aliphatic rings. The molecule has 3 aromatic rings. The zero-order valence-electron chi connectivity index (χ0n) is 13.5. The van der Waals surface area contributed by atoms with Crippen LogP contribution in [0.3, 0.4) is 0 Å². The Hall–Kier alpha value is -2.48. The number of carbonyl (C=O) groups excluding carboxylic acids is 1. The highest BCUT2D eigenvalue weighted by molar-refractivity contribution is 7.17. The van der Waals surface area contributed by atoms with Crippen molar-refractivity contribution in [3.05, 3.63) is 35.7 Å². The van der Waals surface area contributed by atoms with Gasteiger partial charge in [-0.15, -0.1) is 11.3 Å². The minimum Gasteiger partial charge on any atom is -0.306 e. The molecule has 4 rings (SSSR count). The van der Waals surface area contributed by atoms with Crippen LogP contribution in [0.4, 0.5) is 5.82 Å². The highest BCUT2D eigenvalue weighted by atomic mass is 32.1. The first kappa shape index (κ1) is 15.1. The number of thiazole rings is 1. The van der Waals surface area contributed by atoms with Crippen molar-refractivity contribution in [1.29, 1.82) is 0 Å². The zero-order chi connectivity index (χ0) is 16.7. The molecule has 0 saturated heterocycles. The van der Waals surface area contributed by atoms with Crippen LogP contribution in [0.1, 0.15) is 35.5 Å². The van der Waals surface area contributed by atoms with Gasteiger partial charge in [0.1, 0.15) is 15.7 Å². The fourth-order valence-corrected chi connectivity index (χ4v) is 3.52. The maximum Gasteiger partial charge on any atom is 0.268 e. The largest absolute Gasteiger partial charge is 0.306 e. The number of rotatable bonds is 5. The number of hydrogen-bond donors (Lipinski definition) is 1. The Bertz CT molecular complexity index is 875. The summed E-state index contributed by atoms with van der Waals surface area (Å²) in [5.74, 6) is 1.24. The van der Waals surface area contributed by atoms with Crippen LogP contribution in [-0.2, 0) is 7.05 Å². The van der Waals surface area contributed by atoms with Gasteiger partial charge >= 0.3 is 0 Å². The van der Waals surface area contributed by atoms with Gasteiger partial charge in [-0.3, -0.25) is 9.48 Å². The molecule has 1 amide bonds. The summed E-state index contributed by atoms with van der Waals surface area (Å²) < 4.78 is 3.62. The summed E-state index contributed by atoms with van der Waals surface area (Å²) in [6.07, 6.45) is 9.42. The standard InChI is InChI=1S/C16H18N6OS/c1-10(11-3-4-11)22-14(5-6-18-22)20-15(23)13-8-17-16(24-13)12-7-19-21(2)9-12/h5-11H,3-4H2,1-2H3,(H,20,23)/t10-/m0/s1. The van der Waals surface area contributed by atoms with Gasteiger partial charge in [-0.25, -0.2) is 9.67 Å². The fourth-order valence-electron chi connectivity index (χ4n) is 2.74. The normalized spacial score (nSPS) is 15.4. The minimum absolute atomic E-state index is 0.160. The Morgan fingerprint density at radius 2 is 2.21 bits per heavy atom. The summed E-state index contributed by atoms with van der Waals surface area (Å²) in [5.41, 5.74) is 0.911. The summed E-state index contributed by atoms with van der Waals surface area (Å²) in [6, 6.07) is 2.14. The maximum absolute atomic E-state index is 12.5. The highest BCUT2D eigenvalue weighted by Gasteiger charge is 2.30. The number of amides is 1. The summed E-state index contributed by atoms with van der Waals surface area (Å²) in [5, 5.41) is 12.2. The molecule has 3 aromatic heterocycles. The van der Waals surface area contributed by atoms with Crippen LogP contribution < -0.4 is 5.32 Å². The molecule has 1 aliphatic carbocycles. The molecule has 124 valence electrons. The molecule has 0 bridgehead atoms. The molecule has 0 spiro atoms. The topological polar surface area (TPSA) is 77.6 Å². The van der Waals surface area contributed by atoms with Crippen molar-refractivity contribution in [3.63, 3.8) is 0 Å². The molecule has 24 heavy (non-hydrogen) atoms. The summed E-state index contributed by atoms with van der Waals surface area (Å²) in [6.45, 7) is 2.15. The Labute approximate surface area is 143 Å². The van der Waals surface area contributed by atoms with Crippen molar-refractivity contribution in [1.82, 2.24) is 24.5 Å². The lowest BCUT2D eigenvalue weighted by molar-refractivity contribution is 0.102. The number of carbonyl (C=O) groups is 1. The van der Waals surface area contributed by atoms with Gasteiger partial charge in [0, 0.05) is 24.9 Å². The Balaban J connectivity index is 1.51. The lowest BCUT2D eigenvalue weighted by Gasteiger charge is -2.14. The van der Waals surface area contributed by atoms with Gasteiger partial charge in [0.05, 0.1) is 24.6 Å². The van der Waals surface area contributed by atoms with E-state index in [1.807, 2.05) is 24.0 Å². The third-order valence-corrected chi connectivity index (χ3v) is 5.33. The van der Waals surface area contributed by atoms with Gasteiger partial charge in [-0.1, -0.05) is 0 Å². The van der Waals surface area contributed by atoms with Crippen LogP contribution in [0.2, 0.25) is 0 Å².